The van der Waals surface area contributed by atoms with E-state index in [1.807, 2.05) is 42.3 Å². The summed E-state index contributed by atoms with van der Waals surface area (Å²) in [4.78, 5) is 23.7. The first-order valence-electron chi connectivity index (χ1n) is 10.4. The van der Waals surface area contributed by atoms with Gasteiger partial charge in [-0.2, -0.15) is 0 Å². The summed E-state index contributed by atoms with van der Waals surface area (Å²) >= 11 is 19.9. The molecule has 9 heteroatoms. The van der Waals surface area contributed by atoms with Gasteiger partial charge in [-0.1, -0.05) is 40.9 Å². The number of nitrogens with zero attached hydrogens (tertiary/aromatic N) is 3. The smallest absolute Gasteiger partial charge is 0.255 e. The van der Waals surface area contributed by atoms with Crippen molar-refractivity contribution in [2.45, 2.75) is 24.0 Å². The number of carbonyl (C=O) groups is 1. The molecule has 1 aliphatic heterocycles. The molecule has 0 saturated carbocycles. The number of likely N-dealkylation sites (tertiary alicyclic amines) is 1. The Labute approximate surface area is 212 Å². The topological polar surface area (TPSA) is 55.3 Å². The molecule has 0 aliphatic carbocycles. The van der Waals surface area contributed by atoms with Gasteiger partial charge in [-0.05, 0) is 49.1 Å². The normalized spacial score (nSPS) is 18.9. The first-order chi connectivity index (χ1) is 15.9. The van der Waals surface area contributed by atoms with E-state index in [4.69, 9.17) is 39.5 Å². The summed E-state index contributed by atoms with van der Waals surface area (Å²) in [5.41, 5.74) is 1.58. The number of amides is 1. The molecule has 5 nitrogen and oxygen atoms in total. The average molecular weight is 523 g/mol. The van der Waals surface area contributed by atoms with Crippen molar-refractivity contribution in [2.75, 3.05) is 19.3 Å². The third kappa shape index (κ3) is 5.57. The molecule has 1 fully saturated rings. The highest BCUT2D eigenvalue weighted by Gasteiger charge is 2.40. The van der Waals surface area contributed by atoms with Crippen molar-refractivity contribution in [3.05, 3.63) is 81.1 Å². The summed E-state index contributed by atoms with van der Waals surface area (Å²) in [5.74, 6) is 0.465. The number of ether oxygens (including phenoxy) is 1. The summed E-state index contributed by atoms with van der Waals surface area (Å²) in [5, 5.41) is 2.40. The van der Waals surface area contributed by atoms with E-state index in [2.05, 4.69) is 9.97 Å². The molecule has 2 aromatic heterocycles. The van der Waals surface area contributed by atoms with E-state index >= 15 is 0 Å². The molecule has 3 atom stereocenters. The van der Waals surface area contributed by atoms with Crippen LogP contribution in [0, 0.1) is 5.92 Å². The fourth-order valence-corrected chi connectivity index (χ4v) is 4.87. The first kappa shape index (κ1) is 24.1. The predicted molar refractivity (Wildman–Crippen MR) is 134 cm³/mol. The van der Waals surface area contributed by atoms with Crippen LogP contribution in [-0.2, 0) is 0 Å². The van der Waals surface area contributed by atoms with Crippen LogP contribution in [0.15, 0.2) is 59.9 Å². The third-order valence-corrected chi connectivity index (χ3v) is 7.45. The number of thioether (sulfide) groups is 1. The van der Waals surface area contributed by atoms with E-state index in [9.17, 15) is 4.79 Å². The van der Waals surface area contributed by atoms with Crippen molar-refractivity contribution in [3.63, 3.8) is 0 Å². The van der Waals surface area contributed by atoms with Gasteiger partial charge in [0.25, 0.3) is 5.91 Å². The van der Waals surface area contributed by atoms with Crippen molar-refractivity contribution >= 4 is 52.5 Å². The van der Waals surface area contributed by atoms with Gasteiger partial charge in [0.05, 0.1) is 25.7 Å². The van der Waals surface area contributed by atoms with Gasteiger partial charge in [0, 0.05) is 43.4 Å². The summed E-state index contributed by atoms with van der Waals surface area (Å²) in [6, 6.07) is 12.8. The lowest BCUT2D eigenvalue weighted by molar-refractivity contribution is 0.0769. The molecule has 1 aromatic carbocycles. The largest absolute Gasteiger partial charge is 0.474 e. The van der Waals surface area contributed by atoms with Crippen molar-refractivity contribution in [3.8, 4) is 5.88 Å². The standard InChI is InChI=1S/C24H22Cl3N3O2S/c1-14(32-22-7-5-17(25)11-28-22)18-12-30(24(31)16-4-8-23(33-2)29-10-16)13-19(18)15-3-6-20(26)21(27)9-15/h3-11,14,18-19H,12-13H2,1-2H3/t14-,18-,19+/m0/s1. The second-order valence-electron chi connectivity index (χ2n) is 7.88. The molecule has 1 aliphatic rings. The van der Waals surface area contributed by atoms with Gasteiger partial charge >= 0.3 is 0 Å². The Morgan fingerprint density at radius 2 is 1.88 bits per heavy atom. The Bertz CT molecular complexity index is 1130. The van der Waals surface area contributed by atoms with E-state index in [1.54, 1.807) is 30.6 Å². The predicted octanol–water partition coefficient (Wildman–Crippen LogP) is 6.48. The average Bonchev–Trinajstić information content (AvgIpc) is 3.27. The maximum absolute atomic E-state index is 13.3. The van der Waals surface area contributed by atoms with Gasteiger partial charge in [-0.15, -0.1) is 11.8 Å². The summed E-state index contributed by atoms with van der Waals surface area (Å²) < 4.78 is 6.14. The van der Waals surface area contributed by atoms with Crippen LogP contribution < -0.4 is 4.74 Å². The second-order valence-corrected chi connectivity index (χ2v) is 9.96. The number of aromatic nitrogens is 2. The number of benzene rings is 1. The van der Waals surface area contributed by atoms with Crippen molar-refractivity contribution in [2.24, 2.45) is 5.92 Å². The number of halogens is 3. The lowest BCUT2D eigenvalue weighted by atomic mass is 9.86. The van der Waals surface area contributed by atoms with Crippen LogP contribution in [0.2, 0.25) is 15.1 Å². The minimum Gasteiger partial charge on any atom is -0.474 e. The third-order valence-electron chi connectivity index (χ3n) is 5.83. The molecule has 0 bridgehead atoms. The summed E-state index contributed by atoms with van der Waals surface area (Å²) in [6.45, 7) is 3.06. The zero-order valence-corrected chi connectivity index (χ0v) is 21.1. The van der Waals surface area contributed by atoms with E-state index < -0.39 is 0 Å². The zero-order valence-electron chi connectivity index (χ0n) is 18.0. The molecular formula is C24H22Cl3N3O2S. The molecule has 3 heterocycles. The molecule has 3 aromatic rings. The van der Waals surface area contributed by atoms with Crippen molar-refractivity contribution < 1.29 is 9.53 Å². The Morgan fingerprint density at radius 3 is 2.52 bits per heavy atom. The zero-order chi connectivity index (χ0) is 23.5. The van der Waals surface area contributed by atoms with Crippen LogP contribution in [-0.4, -0.2) is 46.2 Å². The minimum atomic E-state index is -0.215. The van der Waals surface area contributed by atoms with E-state index in [0.29, 0.717) is 39.6 Å². The maximum atomic E-state index is 13.3. The fourth-order valence-electron chi connectivity index (χ4n) is 4.09. The molecule has 0 spiro atoms. The van der Waals surface area contributed by atoms with Gasteiger partial charge in [0.2, 0.25) is 5.88 Å². The molecule has 33 heavy (non-hydrogen) atoms. The molecule has 1 saturated heterocycles. The SMILES string of the molecule is CSc1ccc(C(=O)N2C[C@@H]([C@H](C)Oc3ccc(Cl)cn3)[C@@H](c3ccc(Cl)c(Cl)c3)C2)cn1. The van der Waals surface area contributed by atoms with Crippen LogP contribution >= 0.6 is 46.6 Å². The van der Waals surface area contributed by atoms with Crippen LogP contribution in [0.25, 0.3) is 0 Å². The number of pyridine rings is 2. The molecule has 0 N–H and O–H groups in total. The quantitative estimate of drug-likeness (QED) is 0.347. The first-order valence-corrected chi connectivity index (χ1v) is 12.7. The molecular weight excluding hydrogens is 501 g/mol. The van der Waals surface area contributed by atoms with Gasteiger partial charge in [0.1, 0.15) is 6.10 Å². The lowest BCUT2D eigenvalue weighted by Crippen LogP contribution is -2.32. The Kier molecular flexibility index (Phi) is 7.69. The van der Waals surface area contributed by atoms with E-state index in [-0.39, 0.29) is 23.8 Å². The van der Waals surface area contributed by atoms with Gasteiger partial charge in [-0.3, -0.25) is 4.79 Å². The monoisotopic (exact) mass is 521 g/mol. The Balaban J connectivity index is 1.60. The molecule has 0 unspecified atom stereocenters. The van der Waals surface area contributed by atoms with Crippen LogP contribution in [0.4, 0.5) is 0 Å². The van der Waals surface area contributed by atoms with Gasteiger partial charge < -0.3 is 9.64 Å². The highest BCUT2D eigenvalue weighted by molar-refractivity contribution is 7.98. The highest BCUT2D eigenvalue weighted by Crippen LogP contribution is 2.38. The van der Waals surface area contributed by atoms with Crippen LogP contribution in [0.5, 0.6) is 5.88 Å². The molecule has 4 rings (SSSR count). The van der Waals surface area contributed by atoms with Crippen molar-refractivity contribution in [1.82, 2.24) is 14.9 Å². The number of hydrogen-bond acceptors (Lipinski definition) is 5. The molecule has 0 radical (unpaired) electrons. The summed E-state index contributed by atoms with van der Waals surface area (Å²) in [6.07, 6.45) is 4.92. The number of rotatable bonds is 6. The van der Waals surface area contributed by atoms with E-state index in [0.717, 1.165) is 10.6 Å². The Morgan fingerprint density at radius 1 is 1.06 bits per heavy atom. The Hall–Kier alpha value is -1.99. The van der Waals surface area contributed by atoms with Crippen LogP contribution in [0.3, 0.4) is 0 Å². The fraction of sp³-hybridized carbons (Fsp3) is 0.292. The van der Waals surface area contributed by atoms with E-state index in [1.165, 1.54) is 11.8 Å². The van der Waals surface area contributed by atoms with Gasteiger partial charge in [-0.25, -0.2) is 9.97 Å². The number of carbonyl (C=O) groups excluding carboxylic acids is 1. The van der Waals surface area contributed by atoms with Crippen LogP contribution in [0.1, 0.15) is 28.8 Å². The lowest BCUT2D eigenvalue weighted by Gasteiger charge is -2.25. The van der Waals surface area contributed by atoms with Crippen molar-refractivity contribution in [1.29, 1.82) is 0 Å². The maximum Gasteiger partial charge on any atom is 0.255 e. The second kappa shape index (κ2) is 10.5. The molecule has 1 amide bonds. The van der Waals surface area contributed by atoms with Gasteiger partial charge in [0.15, 0.2) is 0 Å². The minimum absolute atomic E-state index is 0.0158. The molecule has 172 valence electrons. The number of hydrogen-bond donors (Lipinski definition) is 0. The summed E-state index contributed by atoms with van der Waals surface area (Å²) in [7, 11) is 0. The highest BCUT2D eigenvalue weighted by atomic mass is 35.5.